The van der Waals surface area contributed by atoms with Gasteiger partial charge in [0.15, 0.2) is 0 Å². The Morgan fingerprint density at radius 3 is 1.44 bits per heavy atom. The number of hydrogen-bond acceptors (Lipinski definition) is 2. The number of hydrogen-bond donors (Lipinski definition) is 5. The molecule has 0 aromatic carbocycles. The fourth-order valence-electron chi connectivity index (χ4n) is 1.01. The molecule has 0 saturated carbocycles. The lowest BCUT2D eigenvalue weighted by Crippen LogP contribution is -2.45. The van der Waals surface area contributed by atoms with Gasteiger partial charge >= 0.3 is 0 Å². The second-order valence-electron chi connectivity index (χ2n) is 4.35. The maximum atomic E-state index is 12.4. The van der Waals surface area contributed by atoms with Crippen molar-refractivity contribution in [3.8, 4) is 0 Å². The lowest BCUT2D eigenvalue weighted by Gasteiger charge is -2.30. The zero-order valence-electron chi connectivity index (χ0n) is 10.7. The van der Waals surface area contributed by atoms with E-state index in [1.165, 1.54) is 0 Å². The standard InChI is InChI=1S/C6H23N5O2P2Si/c1-7-14(12,8-2)10-15(13,9-3)11-16(4,5)6/h1-6H3,(H5,7,8,9,10,11,12,13). The van der Waals surface area contributed by atoms with Gasteiger partial charge in [0.25, 0.3) is 15.2 Å². The molecule has 10 heteroatoms. The van der Waals surface area contributed by atoms with Crippen LogP contribution in [-0.4, -0.2) is 29.4 Å². The topological polar surface area (TPSA) is 94.3 Å². The van der Waals surface area contributed by atoms with Gasteiger partial charge < -0.3 is 0 Å². The lowest BCUT2D eigenvalue weighted by atomic mass is 11.6. The molecule has 0 aliphatic heterocycles. The Morgan fingerprint density at radius 1 is 0.812 bits per heavy atom. The number of nitrogens with one attached hydrogen (secondary N) is 5. The first-order chi connectivity index (χ1) is 7.10. The Hall–Kier alpha value is 0.477. The summed E-state index contributed by atoms with van der Waals surface area (Å²) in [5.41, 5.74) is 0. The first-order valence-electron chi connectivity index (χ1n) is 4.96. The average Bonchev–Trinajstić information content (AvgIpc) is 2.15. The van der Waals surface area contributed by atoms with E-state index in [0.29, 0.717) is 0 Å². The summed E-state index contributed by atoms with van der Waals surface area (Å²) in [6.07, 6.45) is 0. The maximum absolute atomic E-state index is 12.4. The van der Waals surface area contributed by atoms with Crippen LogP contribution in [0.2, 0.25) is 19.6 Å². The van der Waals surface area contributed by atoms with Crippen molar-refractivity contribution in [2.45, 2.75) is 19.6 Å². The fourth-order valence-corrected chi connectivity index (χ4v) is 8.90. The molecule has 1 unspecified atom stereocenters. The normalized spacial score (nSPS) is 17.1. The second-order valence-corrected chi connectivity index (χ2v) is 14.3. The molecule has 0 rings (SSSR count). The molecule has 1 atom stereocenters. The summed E-state index contributed by atoms with van der Waals surface area (Å²) < 4.78 is 27.4. The van der Waals surface area contributed by atoms with Crippen molar-refractivity contribution in [2.24, 2.45) is 0 Å². The Morgan fingerprint density at radius 2 is 1.19 bits per heavy atom. The Kier molecular flexibility index (Phi) is 6.06. The van der Waals surface area contributed by atoms with Gasteiger partial charge in [-0.3, -0.25) is 13.9 Å². The molecular weight excluding hydrogens is 264 g/mol. The minimum absolute atomic E-state index is 1.54. The van der Waals surface area contributed by atoms with E-state index in [9.17, 15) is 9.13 Å². The van der Waals surface area contributed by atoms with Crippen LogP contribution < -0.4 is 24.9 Å². The van der Waals surface area contributed by atoms with Gasteiger partial charge in [0, 0.05) is 0 Å². The highest BCUT2D eigenvalue weighted by Gasteiger charge is 2.33. The van der Waals surface area contributed by atoms with E-state index in [4.69, 9.17) is 0 Å². The third-order valence-corrected chi connectivity index (χ3v) is 9.80. The van der Waals surface area contributed by atoms with E-state index in [-0.39, 0.29) is 0 Å². The van der Waals surface area contributed by atoms with Crippen molar-refractivity contribution in [3.63, 3.8) is 0 Å². The van der Waals surface area contributed by atoms with Crippen molar-refractivity contribution >= 4 is 23.4 Å². The average molecular weight is 287 g/mol. The molecule has 5 N–H and O–H groups in total. The molecule has 0 radical (unpaired) electrons. The predicted octanol–water partition coefficient (Wildman–Crippen LogP) is 0.875. The van der Waals surface area contributed by atoms with Crippen molar-refractivity contribution in [1.82, 2.24) is 24.9 Å². The molecule has 0 spiro atoms. The second kappa shape index (κ2) is 5.89. The van der Waals surface area contributed by atoms with E-state index in [1.54, 1.807) is 21.1 Å². The molecule has 0 fully saturated rings. The molecule has 16 heavy (non-hydrogen) atoms. The van der Waals surface area contributed by atoms with Crippen LogP contribution in [0.5, 0.6) is 0 Å². The van der Waals surface area contributed by atoms with Crippen molar-refractivity contribution in [3.05, 3.63) is 0 Å². The minimum atomic E-state index is -3.05. The molecule has 98 valence electrons. The maximum Gasteiger partial charge on any atom is 0.286 e. The smallest absolute Gasteiger partial charge is 0.271 e. The highest BCUT2D eigenvalue weighted by atomic mass is 31.2. The van der Waals surface area contributed by atoms with Crippen LogP contribution in [0.15, 0.2) is 0 Å². The van der Waals surface area contributed by atoms with E-state index in [1.807, 2.05) is 19.6 Å². The molecular formula is C6H23N5O2P2Si. The monoisotopic (exact) mass is 287 g/mol. The van der Waals surface area contributed by atoms with Gasteiger partial charge in [0.1, 0.15) is 8.24 Å². The summed E-state index contributed by atoms with van der Waals surface area (Å²) in [4.78, 5) is 2.61. The van der Waals surface area contributed by atoms with Crippen LogP contribution in [0.25, 0.3) is 0 Å². The van der Waals surface area contributed by atoms with Crippen LogP contribution in [0.3, 0.4) is 0 Å². The van der Waals surface area contributed by atoms with Crippen LogP contribution in [-0.2, 0) is 9.13 Å². The summed E-state index contributed by atoms with van der Waals surface area (Å²) in [7, 11) is -3.18. The summed E-state index contributed by atoms with van der Waals surface area (Å²) in [5.74, 6) is 0. The van der Waals surface area contributed by atoms with E-state index < -0.39 is 23.4 Å². The largest absolute Gasteiger partial charge is 0.286 e. The van der Waals surface area contributed by atoms with Crippen LogP contribution in [0.1, 0.15) is 0 Å². The molecule has 0 heterocycles. The molecule has 0 aromatic heterocycles. The Bertz CT molecular complexity index is 311. The van der Waals surface area contributed by atoms with Gasteiger partial charge in [-0.2, -0.15) is 4.86 Å². The van der Waals surface area contributed by atoms with Gasteiger partial charge in [-0.25, -0.2) is 15.3 Å². The summed E-state index contributed by atoms with van der Waals surface area (Å²) in [6, 6.07) is 0. The molecule has 0 aliphatic rings. The highest BCUT2D eigenvalue weighted by Crippen LogP contribution is 2.44. The third-order valence-electron chi connectivity index (χ3n) is 1.72. The SMILES string of the molecule is CNP(=O)(NC)NP(=O)(NC)N[Si](C)(C)C. The van der Waals surface area contributed by atoms with Crippen LogP contribution >= 0.6 is 15.2 Å². The summed E-state index contributed by atoms with van der Waals surface area (Å²) in [6.45, 7) is 6.05. The molecule has 0 amide bonds. The van der Waals surface area contributed by atoms with Gasteiger partial charge in [0.05, 0.1) is 0 Å². The highest BCUT2D eigenvalue weighted by molar-refractivity contribution is 7.74. The van der Waals surface area contributed by atoms with E-state index in [0.717, 1.165) is 0 Å². The summed E-state index contributed by atoms with van der Waals surface area (Å²) in [5, 5.41) is 7.88. The molecule has 7 nitrogen and oxygen atoms in total. The lowest BCUT2D eigenvalue weighted by molar-refractivity contribution is 0.546. The van der Waals surface area contributed by atoms with E-state index >= 15 is 0 Å². The minimum Gasteiger partial charge on any atom is -0.271 e. The zero-order valence-corrected chi connectivity index (χ0v) is 13.5. The van der Waals surface area contributed by atoms with Crippen LogP contribution in [0, 0.1) is 0 Å². The van der Waals surface area contributed by atoms with Crippen LogP contribution in [0.4, 0.5) is 0 Å². The van der Waals surface area contributed by atoms with Gasteiger partial charge in [-0.1, -0.05) is 19.6 Å². The van der Waals surface area contributed by atoms with Gasteiger partial charge in [-0.05, 0) is 21.1 Å². The Balaban J connectivity index is 4.87. The van der Waals surface area contributed by atoms with Crippen molar-refractivity contribution < 1.29 is 9.13 Å². The molecule has 0 saturated heterocycles. The van der Waals surface area contributed by atoms with Gasteiger partial charge in [-0.15, -0.1) is 0 Å². The molecule has 0 aromatic rings. The quantitative estimate of drug-likeness (QED) is 0.350. The van der Waals surface area contributed by atoms with Crippen molar-refractivity contribution in [1.29, 1.82) is 0 Å². The van der Waals surface area contributed by atoms with E-state index in [2.05, 4.69) is 24.9 Å². The molecule has 0 aliphatic carbocycles. The molecule has 0 bridgehead atoms. The first-order valence-corrected chi connectivity index (χ1v) is 11.9. The summed E-state index contributed by atoms with van der Waals surface area (Å²) >= 11 is 0. The predicted molar refractivity (Wildman–Crippen MR) is 72.0 cm³/mol. The zero-order chi connectivity index (χ0) is 13.0. The number of rotatable bonds is 7. The van der Waals surface area contributed by atoms with Crippen molar-refractivity contribution in [2.75, 3.05) is 21.1 Å². The fraction of sp³-hybridized carbons (Fsp3) is 1.00. The third kappa shape index (κ3) is 5.70. The van der Waals surface area contributed by atoms with Gasteiger partial charge in [0.2, 0.25) is 0 Å². The Labute approximate surface area is 98.7 Å². The first kappa shape index (κ1) is 16.5.